The largest absolute Gasteiger partial charge is 0.321 e. The highest BCUT2D eigenvalue weighted by atomic mass is 35.5. The number of amides is 1. The number of carbonyl (C=O) groups is 1. The summed E-state index contributed by atoms with van der Waals surface area (Å²) in [5, 5.41) is 3.47. The van der Waals surface area contributed by atoms with Crippen LogP contribution in [0.4, 0.5) is 5.69 Å². The van der Waals surface area contributed by atoms with Crippen molar-refractivity contribution in [1.29, 1.82) is 0 Å². The van der Waals surface area contributed by atoms with Crippen molar-refractivity contribution in [3.05, 3.63) is 64.1 Å². The molecule has 0 heterocycles. The van der Waals surface area contributed by atoms with Crippen LogP contribution < -0.4 is 5.32 Å². The number of hydrogen-bond donors (Lipinski definition) is 1. The fourth-order valence-corrected chi connectivity index (χ4v) is 4.17. The summed E-state index contributed by atoms with van der Waals surface area (Å²) in [6, 6.07) is 11.2. The van der Waals surface area contributed by atoms with Crippen molar-refractivity contribution in [2.45, 2.75) is 18.7 Å². The highest BCUT2D eigenvalue weighted by Crippen LogP contribution is 2.27. The second kappa shape index (κ2) is 9.37. The van der Waals surface area contributed by atoms with Crippen LogP contribution in [0.5, 0.6) is 0 Å². The Morgan fingerprint density at radius 3 is 2.30 bits per heavy atom. The first-order valence-electron chi connectivity index (χ1n) is 8.32. The minimum Gasteiger partial charge on any atom is -0.321 e. The minimum atomic E-state index is -3.64. The first kappa shape index (κ1) is 21.4. The van der Waals surface area contributed by atoms with Crippen molar-refractivity contribution < 1.29 is 13.2 Å². The van der Waals surface area contributed by atoms with Crippen molar-refractivity contribution in [2.75, 3.05) is 18.4 Å². The minimum absolute atomic E-state index is 0.0765. The van der Waals surface area contributed by atoms with Crippen LogP contribution in [0.15, 0.2) is 53.4 Å². The van der Waals surface area contributed by atoms with Crippen molar-refractivity contribution >= 4 is 50.9 Å². The molecule has 0 saturated heterocycles. The number of hydrogen-bond acceptors (Lipinski definition) is 3. The van der Waals surface area contributed by atoms with Gasteiger partial charge in [0.2, 0.25) is 15.9 Å². The van der Waals surface area contributed by atoms with Gasteiger partial charge in [-0.1, -0.05) is 49.2 Å². The molecule has 0 aliphatic heterocycles. The number of benzene rings is 2. The summed E-state index contributed by atoms with van der Waals surface area (Å²) in [4.78, 5) is 12.2. The fourth-order valence-electron chi connectivity index (χ4n) is 2.39. The molecule has 0 aromatic heterocycles. The van der Waals surface area contributed by atoms with Gasteiger partial charge in [0.05, 0.1) is 15.6 Å². The number of rotatable bonds is 7. The third kappa shape index (κ3) is 5.56. The van der Waals surface area contributed by atoms with Gasteiger partial charge in [-0.3, -0.25) is 4.79 Å². The van der Waals surface area contributed by atoms with Crippen molar-refractivity contribution in [1.82, 2.24) is 4.31 Å². The van der Waals surface area contributed by atoms with E-state index >= 15 is 0 Å². The van der Waals surface area contributed by atoms with E-state index in [9.17, 15) is 13.2 Å². The van der Waals surface area contributed by atoms with Crippen LogP contribution in [-0.4, -0.2) is 31.7 Å². The molecule has 5 nitrogen and oxygen atoms in total. The lowest BCUT2D eigenvalue weighted by atomic mass is 10.2. The molecule has 0 spiro atoms. The zero-order valence-electron chi connectivity index (χ0n) is 14.9. The summed E-state index contributed by atoms with van der Waals surface area (Å²) in [5.41, 5.74) is 1.04. The Kier molecular flexibility index (Phi) is 7.44. The van der Waals surface area contributed by atoms with Crippen LogP contribution in [0, 0.1) is 0 Å². The average Bonchev–Trinajstić information content (AvgIpc) is 2.63. The molecule has 144 valence electrons. The number of anilines is 1. The topological polar surface area (TPSA) is 66.5 Å². The molecule has 0 atom stereocenters. The van der Waals surface area contributed by atoms with Crippen molar-refractivity contribution in [3.8, 4) is 0 Å². The van der Waals surface area contributed by atoms with Gasteiger partial charge in [0, 0.05) is 24.2 Å². The molecule has 2 aromatic rings. The second-order valence-corrected chi connectivity index (χ2v) is 8.39. The van der Waals surface area contributed by atoms with Gasteiger partial charge in [0.15, 0.2) is 0 Å². The van der Waals surface area contributed by atoms with Crippen LogP contribution in [0.1, 0.15) is 19.4 Å². The molecule has 1 amide bonds. The first-order valence-corrected chi connectivity index (χ1v) is 10.5. The Hall–Kier alpha value is -1.86. The smallest absolute Gasteiger partial charge is 0.248 e. The van der Waals surface area contributed by atoms with Gasteiger partial charge in [0.1, 0.15) is 0 Å². The fraction of sp³-hybridized carbons (Fsp3) is 0.211. The van der Waals surface area contributed by atoms with Crippen LogP contribution in [0.2, 0.25) is 10.0 Å². The van der Waals surface area contributed by atoms with E-state index in [1.165, 1.54) is 28.6 Å². The third-order valence-corrected chi connectivity index (χ3v) is 6.46. The maximum absolute atomic E-state index is 12.6. The summed E-state index contributed by atoms with van der Waals surface area (Å²) < 4.78 is 26.6. The molecule has 0 bridgehead atoms. The first-order chi connectivity index (χ1) is 12.8. The molecule has 0 saturated carbocycles. The molecule has 0 aliphatic carbocycles. The molecular weight excluding hydrogens is 407 g/mol. The highest BCUT2D eigenvalue weighted by molar-refractivity contribution is 7.89. The Morgan fingerprint density at radius 1 is 1.07 bits per heavy atom. The van der Waals surface area contributed by atoms with E-state index in [4.69, 9.17) is 23.2 Å². The van der Waals surface area contributed by atoms with Gasteiger partial charge < -0.3 is 5.32 Å². The molecule has 8 heteroatoms. The Labute approximate surface area is 169 Å². The van der Waals surface area contributed by atoms with Gasteiger partial charge in [0.25, 0.3) is 0 Å². The Balaban J connectivity index is 2.21. The zero-order chi connectivity index (χ0) is 20.0. The molecular formula is C19H20Cl2N2O3S. The van der Waals surface area contributed by atoms with Gasteiger partial charge in [-0.15, -0.1) is 0 Å². The Morgan fingerprint density at radius 2 is 1.70 bits per heavy atom. The zero-order valence-corrected chi connectivity index (χ0v) is 17.3. The molecule has 27 heavy (non-hydrogen) atoms. The standard InChI is InChI=1S/C19H20Cl2N2O3S/c1-3-23(4-2)27(25,26)16-10-11-17(21)18(13-16)22-19(24)12-7-14-5-8-15(20)9-6-14/h5-13H,3-4H2,1-2H3,(H,22,24). The van der Waals surface area contributed by atoms with E-state index in [1.54, 1.807) is 44.2 Å². The highest BCUT2D eigenvalue weighted by Gasteiger charge is 2.22. The maximum atomic E-state index is 12.6. The monoisotopic (exact) mass is 426 g/mol. The number of sulfonamides is 1. The van der Waals surface area contributed by atoms with E-state index in [0.717, 1.165) is 5.56 Å². The molecule has 0 fully saturated rings. The second-order valence-electron chi connectivity index (χ2n) is 5.61. The normalized spacial score (nSPS) is 11.9. The predicted octanol–water partition coefficient (Wildman–Crippen LogP) is 4.68. The summed E-state index contributed by atoms with van der Waals surface area (Å²) in [5.74, 6) is -0.427. The molecule has 2 rings (SSSR count). The Bertz CT molecular complexity index is 938. The summed E-state index contributed by atoms with van der Waals surface area (Å²) >= 11 is 11.9. The van der Waals surface area contributed by atoms with Crippen LogP contribution in [0.25, 0.3) is 6.08 Å². The van der Waals surface area contributed by atoms with Crippen molar-refractivity contribution in [3.63, 3.8) is 0 Å². The average molecular weight is 427 g/mol. The molecule has 0 aliphatic rings. The maximum Gasteiger partial charge on any atom is 0.248 e. The number of carbonyl (C=O) groups excluding carboxylic acids is 1. The van der Waals surface area contributed by atoms with E-state index in [2.05, 4.69) is 5.32 Å². The van der Waals surface area contributed by atoms with Gasteiger partial charge in [-0.05, 0) is 42.0 Å². The van der Waals surface area contributed by atoms with Gasteiger partial charge in [-0.25, -0.2) is 8.42 Å². The van der Waals surface area contributed by atoms with E-state index in [0.29, 0.717) is 18.1 Å². The lowest BCUT2D eigenvalue weighted by Gasteiger charge is -2.19. The summed E-state index contributed by atoms with van der Waals surface area (Å²) in [6.07, 6.45) is 2.96. The number of nitrogens with one attached hydrogen (secondary N) is 1. The van der Waals surface area contributed by atoms with Crippen molar-refractivity contribution in [2.24, 2.45) is 0 Å². The number of nitrogens with zero attached hydrogens (tertiary/aromatic N) is 1. The third-order valence-electron chi connectivity index (χ3n) is 3.84. The summed E-state index contributed by atoms with van der Waals surface area (Å²) in [6.45, 7) is 4.24. The van der Waals surface area contributed by atoms with E-state index in [-0.39, 0.29) is 15.6 Å². The molecule has 1 N–H and O–H groups in total. The summed E-state index contributed by atoms with van der Waals surface area (Å²) in [7, 11) is -3.64. The van der Waals surface area contributed by atoms with Crippen LogP contribution in [0.3, 0.4) is 0 Å². The van der Waals surface area contributed by atoms with E-state index in [1.807, 2.05) is 0 Å². The quantitative estimate of drug-likeness (QED) is 0.653. The molecule has 0 unspecified atom stereocenters. The SMILES string of the molecule is CCN(CC)S(=O)(=O)c1ccc(Cl)c(NC(=O)C=Cc2ccc(Cl)cc2)c1. The van der Waals surface area contributed by atoms with Gasteiger partial charge in [-0.2, -0.15) is 4.31 Å². The van der Waals surface area contributed by atoms with E-state index < -0.39 is 15.9 Å². The lowest BCUT2D eigenvalue weighted by Crippen LogP contribution is -2.30. The lowest BCUT2D eigenvalue weighted by molar-refractivity contribution is -0.111. The molecule has 0 radical (unpaired) electrons. The number of halogens is 2. The van der Waals surface area contributed by atoms with Crippen LogP contribution in [-0.2, 0) is 14.8 Å². The molecule has 2 aromatic carbocycles. The van der Waals surface area contributed by atoms with Crippen LogP contribution >= 0.6 is 23.2 Å². The predicted molar refractivity (Wildman–Crippen MR) is 111 cm³/mol. The van der Waals surface area contributed by atoms with Gasteiger partial charge >= 0.3 is 0 Å².